The SMILES string of the molecule is [CH2]c1cc(Cl)cc(CCCC)c1. The highest BCUT2D eigenvalue weighted by molar-refractivity contribution is 6.30. The van der Waals surface area contributed by atoms with Crippen molar-refractivity contribution < 1.29 is 0 Å². The molecule has 65 valence electrons. The van der Waals surface area contributed by atoms with E-state index < -0.39 is 0 Å². The van der Waals surface area contributed by atoms with Gasteiger partial charge in [-0.1, -0.05) is 31.0 Å². The van der Waals surface area contributed by atoms with Gasteiger partial charge in [0.25, 0.3) is 0 Å². The van der Waals surface area contributed by atoms with E-state index in [0.717, 1.165) is 17.0 Å². The van der Waals surface area contributed by atoms with Crippen LogP contribution in [0.4, 0.5) is 0 Å². The van der Waals surface area contributed by atoms with E-state index in [1.807, 2.05) is 12.1 Å². The minimum Gasteiger partial charge on any atom is -0.0843 e. The normalized spacial score (nSPS) is 10.2. The Morgan fingerprint density at radius 1 is 1.33 bits per heavy atom. The Hall–Kier alpha value is -0.490. The summed E-state index contributed by atoms with van der Waals surface area (Å²) < 4.78 is 0. The molecular formula is C11H14Cl. The van der Waals surface area contributed by atoms with Gasteiger partial charge in [-0.25, -0.2) is 0 Å². The molecule has 1 radical (unpaired) electrons. The van der Waals surface area contributed by atoms with Gasteiger partial charge in [-0.2, -0.15) is 0 Å². The van der Waals surface area contributed by atoms with Gasteiger partial charge in [0, 0.05) is 5.02 Å². The van der Waals surface area contributed by atoms with Crippen LogP contribution in [0.15, 0.2) is 18.2 Å². The molecule has 0 nitrogen and oxygen atoms in total. The van der Waals surface area contributed by atoms with E-state index in [-0.39, 0.29) is 0 Å². The summed E-state index contributed by atoms with van der Waals surface area (Å²) in [4.78, 5) is 0. The molecule has 0 N–H and O–H groups in total. The molecule has 1 heteroatoms. The summed E-state index contributed by atoms with van der Waals surface area (Å²) in [6, 6.07) is 6.00. The van der Waals surface area contributed by atoms with Gasteiger partial charge in [-0.15, -0.1) is 0 Å². The smallest absolute Gasteiger partial charge is 0.0411 e. The summed E-state index contributed by atoms with van der Waals surface area (Å²) >= 11 is 5.89. The van der Waals surface area contributed by atoms with Gasteiger partial charge in [0.1, 0.15) is 0 Å². The first kappa shape index (κ1) is 9.60. The molecule has 12 heavy (non-hydrogen) atoms. The average Bonchev–Trinajstić information content (AvgIpc) is 1.99. The molecule has 0 aromatic heterocycles. The molecule has 1 rings (SSSR count). The minimum absolute atomic E-state index is 0.800. The van der Waals surface area contributed by atoms with Gasteiger partial charge in [0.2, 0.25) is 0 Å². The lowest BCUT2D eigenvalue weighted by Gasteiger charge is -2.02. The van der Waals surface area contributed by atoms with Crippen LogP contribution in [0.25, 0.3) is 0 Å². The Kier molecular flexibility index (Phi) is 3.61. The second kappa shape index (κ2) is 4.51. The maximum Gasteiger partial charge on any atom is 0.0411 e. The Labute approximate surface area is 79.6 Å². The summed E-state index contributed by atoms with van der Waals surface area (Å²) in [6.45, 7) is 6.06. The fourth-order valence-electron chi connectivity index (χ4n) is 1.24. The van der Waals surface area contributed by atoms with E-state index in [2.05, 4.69) is 19.9 Å². The largest absolute Gasteiger partial charge is 0.0843 e. The Morgan fingerprint density at radius 3 is 2.67 bits per heavy atom. The topological polar surface area (TPSA) is 0 Å². The van der Waals surface area contributed by atoms with Gasteiger partial charge in [-0.05, 0) is 43.0 Å². The number of rotatable bonds is 3. The summed E-state index contributed by atoms with van der Waals surface area (Å²) in [6.07, 6.45) is 3.55. The zero-order valence-corrected chi connectivity index (χ0v) is 8.19. The van der Waals surface area contributed by atoms with Crippen molar-refractivity contribution in [2.24, 2.45) is 0 Å². The van der Waals surface area contributed by atoms with Crippen molar-refractivity contribution in [1.82, 2.24) is 0 Å². The summed E-state index contributed by atoms with van der Waals surface area (Å²) in [7, 11) is 0. The number of halogens is 1. The Bertz CT molecular complexity index is 233. The maximum atomic E-state index is 5.89. The van der Waals surface area contributed by atoms with Gasteiger partial charge in [-0.3, -0.25) is 0 Å². The summed E-state index contributed by atoms with van der Waals surface area (Å²) in [5.74, 6) is 0. The van der Waals surface area contributed by atoms with Crippen molar-refractivity contribution >= 4 is 11.6 Å². The predicted molar refractivity (Wildman–Crippen MR) is 54.5 cm³/mol. The Balaban J connectivity index is 2.72. The number of unbranched alkanes of at least 4 members (excludes halogenated alkanes) is 1. The van der Waals surface area contributed by atoms with Crippen LogP contribution >= 0.6 is 11.6 Å². The first-order valence-electron chi connectivity index (χ1n) is 4.34. The number of hydrogen-bond donors (Lipinski definition) is 0. The lowest BCUT2D eigenvalue weighted by Crippen LogP contribution is -1.85. The molecule has 1 aromatic rings. The van der Waals surface area contributed by atoms with Gasteiger partial charge in [0.15, 0.2) is 0 Å². The molecule has 0 fully saturated rings. The highest BCUT2D eigenvalue weighted by Gasteiger charge is 1.95. The zero-order valence-electron chi connectivity index (χ0n) is 7.44. The fraction of sp³-hybridized carbons (Fsp3) is 0.364. The van der Waals surface area contributed by atoms with Crippen molar-refractivity contribution in [2.45, 2.75) is 26.2 Å². The molecule has 0 aliphatic carbocycles. The van der Waals surface area contributed by atoms with Crippen LogP contribution in [0.5, 0.6) is 0 Å². The first-order chi connectivity index (χ1) is 5.72. The molecule has 0 spiro atoms. The second-order valence-corrected chi connectivity index (χ2v) is 3.51. The lowest BCUT2D eigenvalue weighted by molar-refractivity contribution is 0.795. The minimum atomic E-state index is 0.800. The molecule has 0 saturated heterocycles. The molecule has 0 aliphatic heterocycles. The van der Waals surface area contributed by atoms with E-state index in [1.54, 1.807) is 0 Å². The monoisotopic (exact) mass is 181 g/mol. The standard InChI is InChI=1S/C11H14Cl/c1-3-4-5-10-6-9(2)7-11(12)8-10/h6-8H,2-5H2,1H3. The van der Waals surface area contributed by atoms with Crippen molar-refractivity contribution in [3.63, 3.8) is 0 Å². The Morgan fingerprint density at radius 2 is 2.08 bits per heavy atom. The van der Waals surface area contributed by atoms with Crippen LogP contribution < -0.4 is 0 Å². The van der Waals surface area contributed by atoms with E-state index in [1.165, 1.54) is 18.4 Å². The third-order valence-electron chi connectivity index (χ3n) is 1.84. The van der Waals surface area contributed by atoms with E-state index in [9.17, 15) is 0 Å². The molecular weight excluding hydrogens is 168 g/mol. The highest BCUT2D eigenvalue weighted by atomic mass is 35.5. The van der Waals surface area contributed by atoms with Crippen molar-refractivity contribution in [2.75, 3.05) is 0 Å². The van der Waals surface area contributed by atoms with Crippen LogP contribution in [0.2, 0.25) is 5.02 Å². The molecule has 0 heterocycles. The quantitative estimate of drug-likeness (QED) is 0.664. The van der Waals surface area contributed by atoms with E-state index in [0.29, 0.717) is 0 Å². The van der Waals surface area contributed by atoms with Gasteiger partial charge in [0.05, 0.1) is 0 Å². The summed E-state index contributed by atoms with van der Waals surface area (Å²) in [5, 5.41) is 0.800. The fourth-order valence-corrected chi connectivity index (χ4v) is 1.52. The molecule has 0 saturated carbocycles. The number of hydrogen-bond acceptors (Lipinski definition) is 0. The van der Waals surface area contributed by atoms with Gasteiger partial charge < -0.3 is 0 Å². The summed E-state index contributed by atoms with van der Waals surface area (Å²) in [5.41, 5.74) is 2.31. The second-order valence-electron chi connectivity index (χ2n) is 3.07. The molecule has 0 bridgehead atoms. The van der Waals surface area contributed by atoms with Gasteiger partial charge >= 0.3 is 0 Å². The van der Waals surface area contributed by atoms with Crippen molar-refractivity contribution in [3.05, 3.63) is 41.3 Å². The van der Waals surface area contributed by atoms with Crippen LogP contribution in [0, 0.1) is 6.92 Å². The third kappa shape index (κ3) is 2.86. The molecule has 1 aromatic carbocycles. The molecule has 0 atom stereocenters. The highest BCUT2D eigenvalue weighted by Crippen LogP contribution is 2.15. The average molecular weight is 182 g/mol. The lowest BCUT2D eigenvalue weighted by atomic mass is 10.1. The van der Waals surface area contributed by atoms with Crippen LogP contribution in [0.3, 0.4) is 0 Å². The van der Waals surface area contributed by atoms with Crippen LogP contribution in [0.1, 0.15) is 30.9 Å². The predicted octanol–water partition coefficient (Wildman–Crippen LogP) is 3.86. The third-order valence-corrected chi connectivity index (χ3v) is 2.05. The first-order valence-corrected chi connectivity index (χ1v) is 4.71. The van der Waals surface area contributed by atoms with Crippen molar-refractivity contribution in [1.29, 1.82) is 0 Å². The van der Waals surface area contributed by atoms with Crippen molar-refractivity contribution in [3.8, 4) is 0 Å². The van der Waals surface area contributed by atoms with Crippen LogP contribution in [-0.2, 0) is 6.42 Å². The zero-order chi connectivity index (χ0) is 8.97. The maximum absolute atomic E-state index is 5.89. The van der Waals surface area contributed by atoms with Crippen LogP contribution in [-0.4, -0.2) is 0 Å². The molecule has 0 amide bonds. The molecule has 0 unspecified atom stereocenters. The molecule has 0 aliphatic rings. The van der Waals surface area contributed by atoms with E-state index in [4.69, 9.17) is 11.6 Å². The van der Waals surface area contributed by atoms with E-state index >= 15 is 0 Å². The number of aryl methyl sites for hydroxylation is 1. The number of benzene rings is 1.